The Kier molecular flexibility index (Phi) is 3.82. The number of fused-ring (bicyclic) bond motifs is 1. The Labute approximate surface area is 126 Å². The minimum absolute atomic E-state index is 0.162. The molecular weight excluding hydrogens is 280 g/mol. The van der Waals surface area contributed by atoms with Gasteiger partial charge < -0.3 is 15.5 Å². The Morgan fingerprint density at radius 2 is 1.95 bits per heavy atom. The van der Waals surface area contributed by atoms with Crippen molar-refractivity contribution in [3.05, 3.63) is 70.3 Å². The smallest absolute Gasteiger partial charge is 0.258 e. The summed E-state index contributed by atoms with van der Waals surface area (Å²) >= 11 is 0. The molecule has 0 saturated carbocycles. The van der Waals surface area contributed by atoms with Crippen LogP contribution in [-0.2, 0) is 6.54 Å². The summed E-state index contributed by atoms with van der Waals surface area (Å²) in [7, 11) is 0. The fourth-order valence-electron chi connectivity index (χ4n) is 2.02. The molecule has 0 fully saturated rings. The highest BCUT2D eigenvalue weighted by Crippen LogP contribution is 2.08. The van der Waals surface area contributed by atoms with Crippen molar-refractivity contribution in [2.24, 2.45) is 5.10 Å². The number of phenolic OH excluding ortho intramolecular Hbond substituents is 1. The van der Waals surface area contributed by atoms with E-state index in [1.54, 1.807) is 48.7 Å². The van der Waals surface area contributed by atoms with Gasteiger partial charge in [0, 0.05) is 0 Å². The van der Waals surface area contributed by atoms with Crippen molar-refractivity contribution in [1.29, 1.82) is 0 Å². The van der Waals surface area contributed by atoms with Crippen LogP contribution >= 0.6 is 0 Å². The predicted molar refractivity (Wildman–Crippen MR) is 84.9 cm³/mol. The number of nitrogens with one attached hydrogen (secondary N) is 2. The maximum Gasteiger partial charge on any atom is 0.258 e. The first-order valence-corrected chi connectivity index (χ1v) is 6.75. The highest BCUT2D eigenvalue weighted by Gasteiger charge is 2.01. The van der Waals surface area contributed by atoms with Gasteiger partial charge in [-0.2, -0.15) is 5.10 Å². The molecule has 110 valence electrons. The minimum Gasteiger partial charge on any atom is -0.508 e. The molecule has 0 aliphatic carbocycles. The molecular formula is C16H14N4O2. The van der Waals surface area contributed by atoms with E-state index >= 15 is 0 Å². The van der Waals surface area contributed by atoms with E-state index in [9.17, 15) is 9.90 Å². The molecule has 0 radical (unpaired) electrons. The molecule has 0 saturated heterocycles. The molecule has 6 heteroatoms. The molecule has 3 aromatic rings. The fraction of sp³-hybridized carbons (Fsp3) is 0.0625. The van der Waals surface area contributed by atoms with Gasteiger partial charge in [-0.05, 0) is 42.0 Å². The summed E-state index contributed by atoms with van der Waals surface area (Å²) < 4.78 is 0. The summed E-state index contributed by atoms with van der Waals surface area (Å²) in [6, 6.07) is 13.9. The third-order valence-corrected chi connectivity index (χ3v) is 3.11. The number of H-pyrrole nitrogens is 1. The zero-order valence-corrected chi connectivity index (χ0v) is 11.7. The van der Waals surface area contributed by atoms with Crippen molar-refractivity contribution in [2.45, 2.75) is 6.54 Å². The number of hydrogen-bond donors (Lipinski definition) is 3. The minimum atomic E-state index is -0.162. The van der Waals surface area contributed by atoms with Gasteiger partial charge in [0.25, 0.3) is 5.56 Å². The Bertz CT molecular complexity index is 869. The van der Waals surface area contributed by atoms with Gasteiger partial charge in [0.1, 0.15) is 11.6 Å². The molecule has 0 aliphatic rings. The van der Waals surface area contributed by atoms with Crippen LogP contribution in [0.3, 0.4) is 0 Å². The molecule has 0 aliphatic heterocycles. The number of aromatic nitrogens is 2. The van der Waals surface area contributed by atoms with Gasteiger partial charge in [-0.1, -0.05) is 12.1 Å². The lowest BCUT2D eigenvalue weighted by molar-refractivity contribution is 0.475. The van der Waals surface area contributed by atoms with Gasteiger partial charge >= 0.3 is 0 Å². The molecule has 1 heterocycles. The van der Waals surface area contributed by atoms with E-state index in [1.165, 1.54) is 0 Å². The highest BCUT2D eigenvalue weighted by molar-refractivity contribution is 5.79. The molecule has 0 spiro atoms. The largest absolute Gasteiger partial charge is 0.508 e. The van der Waals surface area contributed by atoms with E-state index in [0.717, 1.165) is 5.56 Å². The van der Waals surface area contributed by atoms with Gasteiger partial charge in [-0.15, -0.1) is 0 Å². The van der Waals surface area contributed by atoms with Crippen LogP contribution < -0.4 is 11.0 Å². The normalized spacial score (nSPS) is 11.1. The standard InChI is InChI=1S/C16H14N4O2/c21-12-7-5-11(6-8-12)9-17-18-10-15-19-14-4-2-1-3-13(14)16(22)20-15/h1-9,18,21H,10H2,(H,19,20,22)/b17-9+. The molecule has 2 aromatic carbocycles. The van der Waals surface area contributed by atoms with E-state index in [0.29, 0.717) is 23.3 Å². The third kappa shape index (κ3) is 3.12. The van der Waals surface area contributed by atoms with Crippen LogP contribution in [0.1, 0.15) is 11.4 Å². The first-order valence-electron chi connectivity index (χ1n) is 6.75. The van der Waals surface area contributed by atoms with Crippen LogP contribution in [0.15, 0.2) is 58.4 Å². The monoisotopic (exact) mass is 294 g/mol. The number of nitrogens with zero attached hydrogens (tertiary/aromatic N) is 2. The molecule has 0 unspecified atom stereocenters. The van der Waals surface area contributed by atoms with Gasteiger partial charge in [-0.25, -0.2) is 4.98 Å². The molecule has 1 aromatic heterocycles. The van der Waals surface area contributed by atoms with Crippen molar-refractivity contribution in [3.63, 3.8) is 0 Å². The zero-order valence-electron chi connectivity index (χ0n) is 11.7. The number of para-hydroxylation sites is 1. The quantitative estimate of drug-likeness (QED) is 0.505. The van der Waals surface area contributed by atoms with E-state index in [-0.39, 0.29) is 11.3 Å². The van der Waals surface area contributed by atoms with Crippen LogP contribution in [0.5, 0.6) is 5.75 Å². The number of aromatic amines is 1. The maximum atomic E-state index is 11.9. The second kappa shape index (κ2) is 6.09. The summed E-state index contributed by atoms with van der Waals surface area (Å²) in [6.45, 7) is 0.314. The molecule has 0 amide bonds. The van der Waals surface area contributed by atoms with Crippen molar-refractivity contribution in [1.82, 2.24) is 15.4 Å². The van der Waals surface area contributed by atoms with E-state index in [2.05, 4.69) is 20.5 Å². The lowest BCUT2D eigenvalue weighted by Gasteiger charge is -2.02. The van der Waals surface area contributed by atoms with Crippen molar-refractivity contribution in [3.8, 4) is 5.75 Å². The average Bonchev–Trinajstić information content (AvgIpc) is 2.53. The highest BCUT2D eigenvalue weighted by atomic mass is 16.3. The number of aromatic hydroxyl groups is 1. The van der Waals surface area contributed by atoms with Crippen molar-refractivity contribution < 1.29 is 5.11 Å². The maximum absolute atomic E-state index is 11.9. The van der Waals surface area contributed by atoms with Gasteiger partial charge in [-0.3, -0.25) is 4.79 Å². The summed E-state index contributed by atoms with van der Waals surface area (Å²) in [5, 5.41) is 13.8. The second-order valence-corrected chi connectivity index (χ2v) is 4.71. The van der Waals surface area contributed by atoms with Crippen molar-refractivity contribution in [2.75, 3.05) is 0 Å². The van der Waals surface area contributed by atoms with Crippen LogP contribution in [0.4, 0.5) is 0 Å². The SMILES string of the molecule is O=c1[nH]c(CN/N=C/c2ccc(O)cc2)nc2ccccc12. The van der Waals surface area contributed by atoms with Gasteiger partial charge in [0.05, 0.1) is 23.7 Å². The van der Waals surface area contributed by atoms with Crippen LogP contribution in [-0.4, -0.2) is 21.3 Å². The molecule has 22 heavy (non-hydrogen) atoms. The van der Waals surface area contributed by atoms with E-state index < -0.39 is 0 Å². The van der Waals surface area contributed by atoms with E-state index in [4.69, 9.17) is 0 Å². The van der Waals surface area contributed by atoms with Gasteiger partial charge in [0.2, 0.25) is 0 Å². The number of phenols is 1. The zero-order chi connectivity index (χ0) is 15.4. The number of hydrogen-bond acceptors (Lipinski definition) is 5. The summed E-state index contributed by atoms with van der Waals surface area (Å²) in [6.07, 6.45) is 1.62. The van der Waals surface area contributed by atoms with Crippen molar-refractivity contribution >= 4 is 17.1 Å². The topological polar surface area (TPSA) is 90.4 Å². The summed E-state index contributed by atoms with van der Waals surface area (Å²) in [4.78, 5) is 19.0. The third-order valence-electron chi connectivity index (χ3n) is 3.11. The number of rotatable bonds is 4. The molecule has 3 N–H and O–H groups in total. The Morgan fingerprint density at radius 3 is 2.77 bits per heavy atom. The predicted octanol–water partition coefficient (Wildman–Crippen LogP) is 1.75. The van der Waals surface area contributed by atoms with Crippen LogP contribution in [0, 0.1) is 0 Å². The van der Waals surface area contributed by atoms with Crippen LogP contribution in [0.25, 0.3) is 10.9 Å². The molecule has 6 nitrogen and oxygen atoms in total. The Balaban J connectivity index is 1.69. The Morgan fingerprint density at radius 1 is 1.18 bits per heavy atom. The molecule has 0 bridgehead atoms. The lowest BCUT2D eigenvalue weighted by Crippen LogP contribution is -2.16. The Hall–Kier alpha value is -3.15. The van der Waals surface area contributed by atoms with E-state index in [1.807, 2.05) is 6.07 Å². The number of benzene rings is 2. The van der Waals surface area contributed by atoms with Crippen LogP contribution in [0.2, 0.25) is 0 Å². The lowest BCUT2D eigenvalue weighted by atomic mass is 10.2. The number of hydrazone groups is 1. The molecule has 0 atom stereocenters. The van der Waals surface area contributed by atoms with Gasteiger partial charge in [0.15, 0.2) is 0 Å². The second-order valence-electron chi connectivity index (χ2n) is 4.71. The first kappa shape index (κ1) is 13.8. The summed E-state index contributed by atoms with van der Waals surface area (Å²) in [5.41, 5.74) is 4.18. The first-order chi connectivity index (χ1) is 10.7. The average molecular weight is 294 g/mol. The fourth-order valence-corrected chi connectivity index (χ4v) is 2.02. The molecule has 3 rings (SSSR count). The summed E-state index contributed by atoms with van der Waals surface area (Å²) in [5.74, 6) is 0.731.